The number of aromatic nitrogens is 1. The van der Waals surface area contributed by atoms with E-state index in [1.54, 1.807) is 6.20 Å². The first kappa shape index (κ1) is 10.9. The molecule has 0 spiro atoms. The van der Waals surface area contributed by atoms with Crippen molar-refractivity contribution in [3.8, 4) is 5.88 Å². The Morgan fingerprint density at radius 3 is 3.00 bits per heavy atom. The molecule has 1 rings (SSSR count). The summed E-state index contributed by atoms with van der Waals surface area (Å²) in [5.74, 6) is 1.83. The SMILES string of the molecule is CSCCCOc1ccc(Br)cn1. The lowest BCUT2D eigenvalue weighted by Crippen LogP contribution is -1.99. The van der Waals surface area contributed by atoms with E-state index < -0.39 is 0 Å². The van der Waals surface area contributed by atoms with Crippen LogP contribution in [0.1, 0.15) is 6.42 Å². The summed E-state index contributed by atoms with van der Waals surface area (Å²) >= 11 is 5.15. The number of ether oxygens (including phenoxy) is 1. The summed E-state index contributed by atoms with van der Waals surface area (Å²) in [5, 5.41) is 0. The number of thioether (sulfide) groups is 1. The number of pyridine rings is 1. The molecule has 0 bridgehead atoms. The Hall–Kier alpha value is -0.220. The van der Waals surface area contributed by atoms with Crippen molar-refractivity contribution in [2.24, 2.45) is 0 Å². The van der Waals surface area contributed by atoms with Gasteiger partial charge in [-0.25, -0.2) is 4.98 Å². The van der Waals surface area contributed by atoms with Crippen LogP contribution in [0.3, 0.4) is 0 Å². The number of nitrogens with zero attached hydrogens (tertiary/aromatic N) is 1. The molecule has 4 heteroatoms. The highest BCUT2D eigenvalue weighted by molar-refractivity contribution is 9.10. The molecule has 2 nitrogen and oxygen atoms in total. The maximum atomic E-state index is 5.42. The zero-order chi connectivity index (χ0) is 9.52. The average Bonchev–Trinajstić information content (AvgIpc) is 2.15. The highest BCUT2D eigenvalue weighted by Gasteiger charge is 1.94. The van der Waals surface area contributed by atoms with Crippen molar-refractivity contribution in [3.63, 3.8) is 0 Å². The molecule has 72 valence electrons. The molecule has 0 fully saturated rings. The van der Waals surface area contributed by atoms with Crippen LogP contribution in [-0.2, 0) is 0 Å². The van der Waals surface area contributed by atoms with Gasteiger partial charge in [0.1, 0.15) is 0 Å². The Bertz CT molecular complexity index is 240. The van der Waals surface area contributed by atoms with Gasteiger partial charge in [-0.15, -0.1) is 0 Å². The molecule has 0 aromatic carbocycles. The normalized spacial score (nSPS) is 10.0. The molecule has 0 unspecified atom stereocenters. The Balaban J connectivity index is 2.25. The lowest BCUT2D eigenvalue weighted by molar-refractivity contribution is 0.306. The molecule has 0 radical (unpaired) electrons. The lowest BCUT2D eigenvalue weighted by Gasteiger charge is -2.03. The van der Waals surface area contributed by atoms with Crippen LogP contribution in [0.15, 0.2) is 22.8 Å². The summed E-state index contributed by atoms with van der Waals surface area (Å²) in [6, 6.07) is 3.79. The van der Waals surface area contributed by atoms with Crippen molar-refractivity contribution in [2.75, 3.05) is 18.6 Å². The van der Waals surface area contributed by atoms with Crippen molar-refractivity contribution >= 4 is 27.7 Å². The maximum Gasteiger partial charge on any atom is 0.213 e. The van der Waals surface area contributed by atoms with E-state index in [0.29, 0.717) is 5.88 Å². The predicted octanol–water partition coefficient (Wildman–Crippen LogP) is 2.98. The molecular formula is C9H12BrNOS. The maximum absolute atomic E-state index is 5.42. The van der Waals surface area contributed by atoms with Crippen LogP contribution in [0.4, 0.5) is 0 Å². The Labute approximate surface area is 91.2 Å². The van der Waals surface area contributed by atoms with Crippen LogP contribution in [0.2, 0.25) is 0 Å². The molecule has 0 aliphatic rings. The van der Waals surface area contributed by atoms with Gasteiger partial charge in [-0.2, -0.15) is 11.8 Å². The molecular weight excluding hydrogens is 250 g/mol. The van der Waals surface area contributed by atoms with Crippen molar-refractivity contribution in [1.29, 1.82) is 0 Å². The number of rotatable bonds is 5. The van der Waals surface area contributed by atoms with Crippen molar-refractivity contribution in [2.45, 2.75) is 6.42 Å². The lowest BCUT2D eigenvalue weighted by atomic mass is 10.5. The van der Waals surface area contributed by atoms with Gasteiger partial charge in [0.2, 0.25) is 5.88 Å². The molecule has 0 atom stereocenters. The second-order valence-corrected chi connectivity index (χ2v) is 4.41. The van der Waals surface area contributed by atoms with Gasteiger partial charge >= 0.3 is 0 Å². The molecule has 0 aliphatic carbocycles. The monoisotopic (exact) mass is 261 g/mol. The minimum Gasteiger partial charge on any atom is -0.478 e. The Kier molecular flexibility index (Phi) is 5.23. The second kappa shape index (κ2) is 6.27. The largest absolute Gasteiger partial charge is 0.478 e. The molecule has 0 amide bonds. The van der Waals surface area contributed by atoms with Gasteiger partial charge < -0.3 is 4.74 Å². The summed E-state index contributed by atoms with van der Waals surface area (Å²) in [5.41, 5.74) is 0. The third kappa shape index (κ3) is 4.52. The minimum atomic E-state index is 0.698. The zero-order valence-electron chi connectivity index (χ0n) is 7.50. The quantitative estimate of drug-likeness (QED) is 0.761. The average molecular weight is 262 g/mol. The summed E-state index contributed by atoms with van der Waals surface area (Å²) in [7, 11) is 0. The Morgan fingerprint density at radius 1 is 1.54 bits per heavy atom. The van der Waals surface area contributed by atoms with Crippen LogP contribution in [0.25, 0.3) is 0 Å². The van der Waals surface area contributed by atoms with E-state index in [4.69, 9.17) is 4.74 Å². The summed E-state index contributed by atoms with van der Waals surface area (Å²) in [4.78, 5) is 4.10. The molecule has 1 aromatic rings. The van der Waals surface area contributed by atoms with Crippen LogP contribution in [-0.4, -0.2) is 23.6 Å². The molecule has 13 heavy (non-hydrogen) atoms. The van der Waals surface area contributed by atoms with Gasteiger partial charge in [0.25, 0.3) is 0 Å². The number of hydrogen-bond donors (Lipinski definition) is 0. The topological polar surface area (TPSA) is 22.1 Å². The van der Waals surface area contributed by atoms with Gasteiger partial charge in [-0.3, -0.25) is 0 Å². The predicted molar refractivity (Wildman–Crippen MR) is 60.4 cm³/mol. The van der Waals surface area contributed by atoms with E-state index in [-0.39, 0.29) is 0 Å². The van der Waals surface area contributed by atoms with Crippen molar-refractivity contribution in [1.82, 2.24) is 4.98 Å². The molecule has 0 saturated carbocycles. The fourth-order valence-corrected chi connectivity index (χ4v) is 1.47. The van der Waals surface area contributed by atoms with Gasteiger partial charge in [-0.1, -0.05) is 0 Å². The molecule has 1 heterocycles. The highest BCUT2D eigenvalue weighted by atomic mass is 79.9. The third-order valence-corrected chi connectivity index (χ3v) is 2.61. The molecule has 0 N–H and O–H groups in total. The van der Waals surface area contributed by atoms with Crippen LogP contribution in [0, 0.1) is 0 Å². The summed E-state index contributed by atoms with van der Waals surface area (Å²) < 4.78 is 6.39. The second-order valence-electron chi connectivity index (χ2n) is 2.51. The fraction of sp³-hybridized carbons (Fsp3) is 0.444. The fourth-order valence-electron chi connectivity index (χ4n) is 0.828. The van der Waals surface area contributed by atoms with E-state index in [0.717, 1.165) is 23.3 Å². The van der Waals surface area contributed by atoms with E-state index >= 15 is 0 Å². The Morgan fingerprint density at radius 2 is 2.38 bits per heavy atom. The molecule has 0 aliphatic heterocycles. The number of halogens is 1. The van der Waals surface area contributed by atoms with Gasteiger partial charge in [0.05, 0.1) is 6.61 Å². The van der Waals surface area contributed by atoms with E-state index in [1.165, 1.54) is 0 Å². The summed E-state index contributed by atoms with van der Waals surface area (Å²) in [6.45, 7) is 0.746. The minimum absolute atomic E-state index is 0.698. The first-order chi connectivity index (χ1) is 6.33. The highest BCUT2D eigenvalue weighted by Crippen LogP contribution is 2.12. The van der Waals surface area contributed by atoms with E-state index in [9.17, 15) is 0 Å². The van der Waals surface area contributed by atoms with Gasteiger partial charge in [0.15, 0.2) is 0 Å². The standard InChI is InChI=1S/C9H12BrNOS/c1-13-6-2-5-12-9-4-3-8(10)7-11-9/h3-4,7H,2,5-6H2,1H3. The first-order valence-electron chi connectivity index (χ1n) is 4.06. The smallest absolute Gasteiger partial charge is 0.213 e. The van der Waals surface area contributed by atoms with Crippen molar-refractivity contribution < 1.29 is 4.74 Å². The van der Waals surface area contributed by atoms with Crippen LogP contribution < -0.4 is 4.74 Å². The van der Waals surface area contributed by atoms with E-state index in [2.05, 4.69) is 27.2 Å². The van der Waals surface area contributed by atoms with Crippen LogP contribution >= 0.6 is 27.7 Å². The molecule has 0 saturated heterocycles. The molecule has 1 aromatic heterocycles. The zero-order valence-corrected chi connectivity index (χ0v) is 9.90. The van der Waals surface area contributed by atoms with Crippen LogP contribution in [0.5, 0.6) is 5.88 Å². The van der Waals surface area contributed by atoms with Gasteiger partial charge in [0, 0.05) is 16.7 Å². The number of hydrogen-bond acceptors (Lipinski definition) is 3. The summed E-state index contributed by atoms with van der Waals surface area (Å²) in [6.07, 6.45) is 4.90. The van der Waals surface area contributed by atoms with E-state index in [1.807, 2.05) is 23.9 Å². The first-order valence-corrected chi connectivity index (χ1v) is 6.25. The third-order valence-electron chi connectivity index (χ3n) is 1.44. The van der Waals surface area contributed by atoms with Gasteiger partial charge in [-0.05, 0) is 40.4 Å². The van der Waals surface area contributed by atoms with Crippen molar-refractivity contribution in [3.05, 3.63) is 22.8 Å².